The van der Waals surface area contributed by atoms with Gasteiger partial charge in [0.15, 0.2) is 0 Å². The second kappa shape index (κ2) is 14.3. The smallest absolute Gasteiger partial charge is 0.410 e. The van der Waals surface area contributed by atoms with Gasteiger partial charge >= 0.3 is 12.1 Å². The summed E-state index contributed by atoms with van der Waals surface area (Å²) in [6, 6.07) is 9.77. The van der Waals surface area contributed by atoms with Crippen molar-refractivity contribution in [1.82, 2.24) is 19.8 Å². The van der Waals surface area contributed by atoms with Crippen molar-refractivity contribution in [2.75, 3.05) is 68.6 Å². The van der Waals surface area contributed by atoms with Crippen molar-refractivity contribution in [3.63, 3.8) is 0 Å². The van der Waals surface area contributed by atoms with Crippen molar-refractivity contribution < 1.29 is 28.7 Å². The maximum atomic E-state index is 14.2. The van der Waals surface area contributed by atoms with Gasteiger partial charge < -0.3 is 24.4 Å². The van der Waals surface area contributed by atoms with Crippen LogP contribution in [0.4, 0.5) is 38.4 Å². The fourth-order valence-corrected chi connectivity index (χ4v) is 5.64. The first-order chi connectivity index (χ1) is 22.9. The van der Waals surface area contributed by atoms with Gasteiger partial charge in [-0.15, -0.1) is 0 Å². The number of aryl methyl sites for hydroxylation is 1. The van der Waals surface area contributed by atoms with Crippen molar-refractivity contribution in [1.29, 1.82) is 0 Å². The second-order valence-corrected chi connectivity index (χ2v) is 12.6. The summed E-state index contributed by atoms with van der Waals surface area (Å²) in [6.07, 6.45) is 1.95. The Balaban J connectivity index is 1.37. The number of hydrogen-bond acceptors (Lipinski definition) is 11. The van der Waals surface area contributed by atoms with Crippen molar-refractivity contribution in [2.24, 2.45) is 0 Å². The Hall–Kier alpha value is -5.18. The molecule has 3 aromatic rings. The zero-order chi connectivity index (χ0) is 34.6. The predicted octanol–water partition coefficient (Wildman–Crippen LogP) is 5.34. The lowest BCUT2D eigenvalue weighted by Gasteiger charge is -2.38. The molecule has 0 unspecified atom stereocenters. The van der Waals surface area contributed by atoms with Crippen molar-refractivity contribution in [3.8, 4) is 11.5 Å². The molecule has 256 valence electrons. The first-order valence-electron chi connectivity index (χ1n) is 15.8. The van der Waals surface area contributed by atoms with E-state index in [0.29, 0.717) is 79.8 Å². The molecule has 0 radical (unpaired) electrons. The van der Waals surface area contributed by atoms with E-state index in [1.807, 2.05) is 20.8 Å². The zero-order valence-corrected chi connectivity index (χ0v) is 28.2. The summed E-state index contributed by atoms with van der Waals surface area (Å²) in [4.78, 5) is 54.4. The van der Waals surface area contributed by atoms with Crippen LogP contribution in [0, 0.1) is 17.0 Å². The molecule has 1 fully saturated rings. The Kier molecular flexibility index (Phi) is 10.2. The fraction of sp³-hybridized carbons (Fsp3) is 0.455. The minimum absolute atomic E-state index is 0.103. The van der Waals surface area contributed by atoms with Gasteiger partial charge in [0.05, 0.1) is 31.4 Å². The number of nitro groups is 1. The van der Waals surface area contributed by atoms with E-state index in [4.69, 9.17) is 19.2 Å². The Labute approximate surface area is 279 Å². The SMILES string of the molecule is COc1cc(OC)cc(N2Cc3cnc(Nc4c(C)cccc4[N+](=O)[O-])nc3N(CCCN3CCN(C(=O)OC(C)(C)C)CC3)C2=O)c1. The molecular weight excluding hydrogens is 620 g/mol. The molecule has 15 nitrogen and oxygen atoms in total. The summed E-state index contributed by atoms with van der Waals surface area (Å²) < 4.78 is 16.4. The summed E-state index contributed by atoms with van der Waals surface area (Å²) in [5.74, 6) is 1.64. The zero-order valence-electron chi connectivity index (χ0n) is 28.2. The minimum atomic E-state index is -0.553. The topological polar surface area (TPSA) is 156 Å². The lowest BCUT2D eigenvalue weighted by atomic mass is 10.1. The summed E-state index contributed by atoms with van der Waals surface area (Å²) in [5, 5.41) is 14.7. The summed E-state index contributed by atoms with van der Waals surface area (Å²) in [5.41, 5.74) is 1.57. The maximum Gasteiger partial charge on any atom is 0.410 e. The maximum absolute atomic E-state index is 14.2. The number of para-hydroxylation sites is 1. The van der Waals surface area contributed by atoms with Crippen LogP contribution in [0.2, 0.25) is 0 Å². The van der Waals surface area contributed by atoms with E-state index in [-0.39, 0.29) is 36.0 Å². The number of methoxy groups -OCH3 is 2. The molecule has 15 heteroatoms. The van der Waals surface area contributed by atoms with Gasteiger partial charge in [-0.05, 0) is 46.2 Å². The van der Waals surface area contributed by atoms with Crippen LogP contribution in [-0.2, 0) is 11.3 Å². The quantitative estimate of drug-likeness (QED) is 0.221. The van der Waals surface area contributed by atoms with E-state index in [9.17, 15) is 19.7 Å². The van der Waals surface area contributed by atoms with Gasteiger partial charge in [-0.3, -0.25) is 24.8 Å². The number of anilines is 4. The van der Waals surface area contributed by atoms with Crippen LogP contribution in [0.5, 0.6) is 11.5 Å². The monoisotopic (exact) mass is 662 g/mol. The molecule has 2 aliphatic rings. The molecular formula is C33H42N8O7. The summed E-state index contributed by atoms with van der Waals surface area (Å²) in [7, 11) is 3.10. The average molecular weight is 663 g/mol. The van der Waals surface area contributed by atoms with Crippen LogP contribution in [0.15, 0.2) is 42.6 Å². The van der Waals surface area contributed by atoms with Gasteiger partial charge in [0, 0.05) is 68.7 Å². The van der Waals surface area contributed by atoms with Gasteiger partial charge in [0.1, 0.15) is 28.6 Å². The number of aromatic nitrogens is 2. The van der Waals surface area contributed by atoms with Crippen LogP contribution in [0.3, 0.4) is 0 Å². The number of fused-ring (bicyclic) bond motifs is 1. The highest BCUT2D eigenvalue weighted by Gasteiger charge is 2.34. The minimum Gasteiger partial charge on any atom is -0.497 e. The van der Waals surface area contributed by atoms with Crippen molar-refractivity contribution in [3.05, 3.63) is 63.8 Å². The van der Waals surface area contributed by atoms with Crippen LogP contribution < -0.4 is 24.6 Å². The highest BCUT2D eigenvalue weighted by molar-refractivity contribution is 6.05. The normalized spacial score (nSPS) is 15.2. The number of piperazine rings is 1. The van der Waals surface area contributed by atoms with Crippen LogP contribution in [0.1, 0.15) is 38.3 Å². The number of hydrogen-bond donors (Lipinski definition) is 1. The molecule has 0 bridgehead atoms. The Bertz CT molecular complexity index is 1650. The molecule has 1 aromatic heterocycles. The third-order valence-electron chi connectivity index (χ3n) is 8.10. The molecule has 1 N–H and O–H groups in total. The number of urea groups is 1. The fourth-order valence-electron chi connectivity index (χ4n) is 5.64. The van der Waals surface area contributed by atoms with Gasteiger partial charge in [-0.2, -0.15) is 4.98 Å². The molecule has 0 atom stereocenters. The molecule has 0 spiro atoms. The number of benzene rings is 2. The Morgan fingerprint density at radius 3 is 2.35 bits per heavy atom. The third-order valence-corrected chi connectivity index (χ3v) is 8.10. The number of nitrogens with zero attached hydrogens (tertiary/aromatic N) is 7. The number of amides is 3. The van der Waals surface area contributed by atoms with Crippen molar-refractivity contribution >= 4 is 41.0 Å². The Morgan fingerprint density at radius 1 is 1.04 bits per heavy atom. The Morgan fingerprint density at radius 2 is 1.73 bits per heavy atom. The standard InChI is InChI=1S/C33H42N8O7/c1-22-9-7-10-27(41(44)45)28(22)35-30-34-20-23-21-40(24-17-25(46-5)19-26(18-24)47-6)31(42)39(29(23)36-30)12-8-11-37-13-15-38(16-14-37)32(43)48-33(2,3)4/h7,9-10,17-20H,8,11-16,21H2,1-6H3,(H,34,35,36). The molecule has 1 saturated heterocycles. The first-order valence-corrected chi connectivity index (χ1v) is 15.8. The molecule has 5 rings (SSSR count). The third kappa shape index (κ3) is 7.85. The van der Waals surface area contributed by atoms with Gasteiger partial charge in [-0.25, -0.2) is 14.6 Å². The lowest BCUT2D eigenvalue weighted by molar-refractivity contribution is -0.384. The molecule has 0 saturated carbocycles. The summed E-state index contributed by atoms with van der Waals surface area (Å²) in [6.45, 7) is 11.0. The van der Waals surface area contributed by atoms with Crippen LogP contribution in [0.25, 0.3) is 0 Å². The number of ether oxygens (including phenoxy) is 3. The van der Waals surface area contributed by atoms with Gasteiger partial charge in [0.25, 0.3) is 5.69 Å². The number of nitro benzene ring substituents is 1. The van der Waals surface area contributed by atoms with Crippen LogP contribution >= 0.6 is 0 Å². The largest absolute Gasteiger partial charge is 0.497 e. The van der Waals surface area contributed by atoms with E-state index in [0.717, 1.165) is 0 Å². The highest BCUT2D eigenvalue weighted by atomic mass is 16.6. The van der Waals surface area contributed by atoms with E-state index >= 15 is 0 Å². The predicted molar refractivity (Wildman–Crippen MR) is 180 cm³/mol. The number of rotatable bonds is 10. The molecule has 3 amide bonds. The van der Waals surface area contributed by atoms with Gasteiger partial charge in [0.2, 0.25) is 5.95 Å². The average Bonchev–Trinajstić information content (AvgIpc) is 3.05. The van der Waals surface area contributed by atoms with Gasteiger partial charge in [-0.1, -0.05) is 12.1 Å². The van der Waals surface area contributed by atoms with Crippen LogP contribution in [-0.4, -0.2) is 95.9 Å². The van der Waals surface area contributed by atoms with E-state index < -0.39 is 10.5 Å². The van der Waals surface area contributed by atoms with Crippen molar-refractivity contribution in [2.45, 2.75) is 46.3 Å². The van der Waals surface area contributed by atoms with E-state index in [1.165, 1.54) is 6.07 Å². The highest BCUT2D eigenvalue weighted by Crippen LogP contribution is 2.36. The second-order valence-electron chi connectivity index (χ2n) is 12.6. The molecule has 3 heterocycles. The first kappa shape index (κ1) is 34.2. The number of carbonyl (C=O) groups excluding carboxylic acids is 2. The molecule has 48 heavy (non-hydrogen) atoms. The molecule has 2 aliphatic heterocycles. The molecule has 2 aromatic carbocycles. The molecule has 0 aliphatic carbocycles. The summed E-state index contributed by atoms with van der Waals surface area (Å²) >= 11 is 0. The number of carbonyl (C=O) groups is 2. The lowest BCUT2D eigenvalue weighted by Crippen LogP contribution is -2.51. The number of nitrogens with one attached hydrogen (secondary N) is 1. The van der Waals surface area contributed by atoms with E-state index in [1.54, 1.807) is 72.4 Å². The van der Waals surface area contributed by atoms with E-state index in [2.05, 4.69) is 15.2 Å².